The van der Waals surface area contributed by atoms with E-state index in [1.165, 1.54) is 9.78 Å². The predicted molar refractivity (Wildman–Crippen MR) is 85.7 cm³/mol. The molecule has 1 aliphatic rings. The molecule has 1 aromatic carbocycles. The van der Waals surface area contributed by atoms with Crippen LogP contribution in [0.2, 0.25) is 0 Å². The molecule has 6 heteroatoms. The van der Waals surface area contributed by atoms with Crippen LogP contribution in [0.3, 0.4) is 0 Å². The van der Waals surface area contributed by atoms with Crippen LogP contribution in [0.4, 0.5) is 5.69 Å². The molecule has 1 aromatic heterocycles. The second-order valence-corrected chi connectivity index (χ2v) is 6.04. The summed E-state index contributed by atoms with van der Waals surface area (Å²) >= 11 is 1.68. The number of anilines is 1. The normalized spacial score (nSPS) is 13.5. The Labute approximate surface area is 132 Å². The van der Waals surface area contributed by atoms with Crippen LogP contribution in [-0.4, -0.2) is 32.0 Å². The number of benzene rings is 1. The van der Waals surface area contributed by atoms with Gasteiger partial charge in [-0.15, -0.1) is 11.3 Å². The number of fused-ring (bicyclic) bond motifs is 1. The lowest BCUT2D eigenvalue weighted by molar-refractivity contribution is -0.120. The summed E-state index contributed by atoms with van der Waals surface area (Å²) in [5.41, 5.74) is 1.15. The number of likely N-dealkylation sites (N-methyl/N-ethyl adjacent to an activating group) is 1. The van der Waals surface area contributed by atoms with Gasteiger partial charge in [-0.25, -0.2) is 0 Å². The van der Waals surface area contributed by atoms with Crippen LogP contribution in [0.1, 0.15) is 15.2 Å². The second kappa shape index (κ2) is 6.19. The predicted octanol–water partition coefficient (Wildman–Crippen LogP) is 2.08. The van der Waals surface area contributed by atoms with Gasteiger partial charge in [0.15, 0.2) is 6.61 Å². The maximum Gasteiger partial charge on any atom is 0.264 e. The number of ether oxygens (including phenoxy) is 1. The maximum atomic E-state index is 12.2. The van der Waals surface area contributed by atoms with E-state index in [0.29, 0.717) is 23.5 Å². The molecule has 22 heavy (non-hydrogen) atoms. The largest absolute Gasteiger partial charge is 0.482 e. The Kier molecular flexibility index (Phi) is 4.11. The molecular weight excluding hydrogens is 300 g/mol. The SMILES string of the molecule is CN1C(=O)COc2ccc(C(=O)NCCc3cccs3)cc21. The molecule has 0 saturated heterocycles. The number of carbonyl (C=O) groups is 2. The van der Waals surface area contributed by atoms with Gasteiger partial charge in [-0.3, -0.25) is 9.59 Å². The van der Waals surface area contributed by atoms with E-state index in [2.05, 4.69) is 5.32 Å². The van der Waals surface area contributed by atoms with Gasteiger partial charge in [0.1, 0.15) is 5.75 Å². The first-order valence-corrected chi connectivity index (χ1v) is 7.87. The van der Waals surface area contributed by atoms with Crippen molar-refractivity contribution < 1.29 is 14.3 Å². The van der Waals surface area contributed by atoms with E-state index >= 15 is 0 Å². The highest BCUT2D eigenvalue weighted by Crippen LogP contribution is 2.31. The van der Waals surface area contributed by atoms with E-state index < -0.39 is 0 Å². The van der Waals surface area contributed by atoms with Gasteiger partial charge in [-0.1, -0.05) is 6.07 Å². The fraction of sp³-hybridized carbons (Fsp3) is 0.250. The zero-order valence-electron chi connectivity index (χ0n) is 12.2. The smallest absolute Gasteiger partial charge is 0.264 e. The monoisotopic (exact) mass is 316 g/mol. The molecule has 0 saturated carbocycles. The number of hydrogen-bond donors (Lipinski definition) is 1. The lowest BCUT2D eigenvalue weighted by Crippen LogP contribution is -2.35. The average Bonchev–Trinajstić information content (AvgIpc) is 3.04. The minimum Gasteiger partial charge on any atom is -0.482 e. The van der Waals surface area contributed by atoms with E-state index in [0.717, 1.165) is 6.42 Å². The molecule has 0 fully saturated rings. The third kappa shape index (κ3) is 2.96. The molecule has 0 radical (unpaired) electrons. The lowest BCUT2D eigenvalue weighted by atomic mass is 10.1. The molecule has 2 heterocycles. The number of hydrogen-bond acceptors (Lipinski definition) is 4. The summed E-state index contributed by atoms with van der Waals surface area (Å²) in [6.45, 7) is 0.623. The molecule has 114 valence electrons. The summed E-state index contributed by atoms with van der Waals surface area (Å²) in [6.07, 6.45) is 0.815. The summed E-state index contributed by atoms with van der Waals surface area (Å²) in [6, 6.07) is 9.17. The molecule has 3 rings (SSSR count). The maximum absolute atomic E-state index is 12.2. The molecule has 0 atom stereocenters. The van der Waals surface area contributed by atoms with E-state index in [1.54, 1.807) is 36.6 Å². The van der Waals surface area contributed by atoms with Crippen molar-refractivity contribution in [1.29, 1.82) is 0 Å². The van der Waals surface area contributed by atoms with Crippen LogP contribution in [0, 0.1) is 0 Å². The van der Waals surface area contributed by atoms with Gasteiger partial charge >= 0.3 is 0 Å². The number of nitrogens with one attached hydrogen (secondary N) is 1. The molecule has 1 N–H and O–H groups in total. The Bertz CT molecular complexity index is 697. The third-order valence-electron chi connectivity index (χ3n) is 3.54. The molecule has 2 aromatic rings. The van der Waals surface area contributed by atoms with Crippen molar-refractivity contribution in [3.8, 4) is 5.75 Å². The topological polar surface area (TPSA) is 58.6 Å². The molecule has 0 spiro atoms. The van der Waals surface area contributed by atoms with Crippen molar-refractivity contribution in [3.05, 3.63) is 46.2 Å². The first-order chi connectivity index (χ1) is 10.6. The summed E-state index contributed by atoms with van der Waals surface area (Å²) < 4.78 is 5.35. The van der Waals surface area contributed by atoms with Crippen molar-refractivity contribution in [2.75, 3.05) is 25.1 Å². The van der Waals surface area contributed by atoms with E-state index in [9.17, 15) is 9.59 Å². The van der Waals surface area contributed by atoms with E-state index in [1.807, 2.05) is 17.5 Å². The Morgan fingerprint density at radius 1 is 1.41 bits per heavy atom. The van der Waals surface area contributed by atoms with Gasteiger partial charge in [-0.2, -0.15) is 0 Å². The van der Waals surface area contributed by atoms with Gasteiger partial charge in [0.05, 0.1) is 5.69 Å². The highest BCUT2D eigenvalue weighted by Gasteiger charge is 2.23. The van der Waals surface area contributed by atoms with Crippen LogP contribution < -0.4 is 15.0 Å². The first-order valence-electron chi connectivity index (χ1n) is 6.99. The summed E-state index contributed by atoms with van der Waals surface area (Å²) in [7, 11) is 1.68. The van der Waals surface area contributed by atoms with E-state index in [4.69, 9.17) is 4.74 Å². The molecule has 5 nitrogen and oxygen atoms in total. The van der Waals surface area contributed by atoms with Crippen molar-refractivity contribution >= 4 is 28.8 Å². The number of carbonyl (C=O) groups excluding carboxylic acids is 2. The molecule has 0 aliphatic carbocycles. The van der Waals surface area contributed by atoms with Crippen molar-refractivity contribution in [1.82, 2.24) is 5.32 Å². The number of thiophene rings is 1. The fourth-order valence-electron chi connectivity index (χ4n) is 2.27. The Morgan fingerprint density at radius 2 is 2.27 bits per heavy atom. The molecule has 0 unspecified atom stereocenters. The number of amides is 2. The van der Waals surface area contributed by atoms with Gasteiger partial charge < -0.3 is 15.0 Å². The molecule has 1 aliphatic heterocycles. The average molecular weight is 316 g/mol. The molecule has 2 amide bonds. The van der Waals surface area contributed by atoms with Crippen molar-refractivity contribution in [2.24, 2.45) is 0 Å². The van der Waals surface area contributed by atoms with Gasteiger partial charge in [0, 0.05) is 24.0 Å². The quantitative estimate of drug-likeness (QED) is 0.939. The molecular formula is C16H16N2O3S. The van der Waals surface area contributed by atoms with E-state index in [-0.39, 0.29) is 18.4 Å². The summed E-state index contributed by atoms with van der Waals surface area (Å²) in [4.78, 5) is 26.6. The minimum absolute atomic E-state index is 0.0376. The van der Waals surface area contributed by atoms with Gasteiger partial charge in [-0.05, 0) is 36.1 Å². The fourth-order valence-corrected chi connectivity index (χ4v) is 2.98. The van der Waals surface area contributed by atoms with Crippen LogP contribution >= 0.6 is 11.3 Å². The first kappa shape index (κ1) is 14.6. The molecule has 0 bridgehead atoms. The standard InChI is InChI=1S/C16H16N2O3S/c1-18-13-9-11(4-5-14(13)21-10-15(18)19)16(20)17-7-6-12-3-2-8-22-12/h2-5,8-9H,6-7,10H2,1H3,(H,17,20). The summed E-state index contributed by atoms with van der Waals surface area (Å²) in [5.74, 6) is 0.353. The van der Waals surface area contributed by atoms with Crippen molar-refractivity contribution in [3.63, 3.8) is 0 Å². The Balaban J connectivity index is 1.67. The van der Waals surface area contributed by atoms with Gasteiger partial charge in [0.25, 0.3) is 11.8 Å². The van der Waals surface area contributed by atoms with Crippen LogP contribution in [0.15, 0.2) is 35.7 Å². The van der Waals surface area contributed by atoms with Crippen LogP contribution in [0.5, 0.6) is 5.75 Å². The highest BCUT2D eigenvalue weighted by molar-refractivity contribution is 7.09. The summed E-state index contributed by atoms with van der Waals surface area (Å²) in [5, 5.41) is 4.91. The zero-order valence-corrected chi connectivity index (χ0v) is 13.0. The Hall–Kier alpha value is -2.34. The van der Waals surface area contributed by atoms with Gasteiger partial charge in [0.2, 0.25) is 0 Å². The zero-order chi connectivity index (χ0) is 15.5. The number of nitrogens with zero attached hydrogens (tertiary/aromatic N) is 1. The third-order valence-corrected chi connectivity index (χ3v) is 4.48. The van der Waals surface area contributed by atoms with Crippen LogP contribution in [-0.2, 0) is 11.2 Å². The lowest BCUT2D eigenvalue weighted by Gasteiger charge is -2.26. The number of rotatable bonds is 4. The Morgan fingerprint density at radius 3 is 3.05 bits per heavy atom. The van der Waals surface area contributed by atoms with Crippen LogP contribution in [0.25, 0.3) is 0 Å². The highest BCUT2D eigenvalue weighted by atomic mass is 32.1. The minimum atomic E-state index is -0.147. The second-order valence-electron chi connectivity index (χ2n) is 5.01. The van der Waals surface area contributed by atoms with Crippen molar-refractivity contribution in [2.45, 2.75) is 6.42 Å².